The molecule has 3 aromatic heterocycles. The fraction of sp³-hybridized carbons (Fsp3) is 0.0571. The van der Waals surface area contributed by atoms with Gasteiger partial charge in [0.05, 0.1) is 28.0 Å². The van der Waals surface area contributed by atoms with Crippen molar-refractivity contribution < 1.29 is 9.59 Å². The van der Waals surface area contributed by atoms with Gasteiger partial charge in [0.2, 0.25) is 5.95 Å². The number of nitrogens with one attached hydrogen (secondary N) is 3. The molecule has 9 heteroatoms. The van der Waals surface area contributed by atoms with Crippen molar-refractivity contribution in [3.8, 4) is 21.7 Å². The van der Waals surface area contributed by atoms with Gasteiger partial charge in [-0.15, -0.1) is 11.3 Å². The number of anilines is 4. The highest BCUT2D eigenvalue weighted by Gasteiger charge is 2.14. The Morgan fingerprint density at radius 2 is 1.52 bits per heavy atom. The Hall–Kier alpha value is -5.67. The molecule has 44 heavy (non-hydrogen) atoms. The van der Waals surface area contributed by atoms with E-state index in [2.05, 4.69) is 25.9 Å². The maximum atomic E-state index is 13.2. The molecule has 3 aromatic carbocycles. The summed E-state index contributed by atoms with van der Waals surface area (Å²) < 4.78 is 0. The summed E-state index contributed by atoms with van der Waals surface area (Å²) in [6, 6.07) is 30.7. The van der Waals surface area contributed by atoms with Crippen LogP contribution in [0.4, 0.5) is 23.0 Å². The molecule has 0 radical (unpaired) electrons. The van der Waals surface area contributed by atoms with Crippen LogP contribution in [0.25, 0.3) is 21.7 Å². The molecular weight excluding hydrogens is 568 g/mol. The zero-order valence-corrected chi connectivity index (χ0v) is 24.9. The lowest BCUT2D eigenvalue weighted by Gasteiger charge is -2.13. The predicted octanol–water partition coefficient (Wildman–Crippen LogP) is 8.13. The molecule has 216 valence electrons. The summed E-state index contributed by atoms with van der Waals surface area (Å²) in [7, 11) is 0. The van der Waals surface area contributed by atoms with E-state index in [0.717, 1.165) is 38.5 Å². The first-order valence-corrected chi connectivity index (χ1v) is 14.7. The smallest absolute Gasteiger partial charge is 0.265 e. The van der Waals surface area contributed by atoms with Crippen LogP contribution in [0.5, 0.6) is 0 Å². The highest BCUT2D eigenvalue weighted by Crippen LogP contribution is 2.29. The van der Waals surface area contributed by atoms with Crippen molar-refractivity contribution in [3.05, 3.63) is 137 Å². The SMILES string of the molecule is Cc1ccc(NC(=O)c2cncc(NC(=O)c3ccc(-c4ccccc4)s3)c2)cc1Nc1nccc(-c2ccccc2C)n1. The van der Waals surface area contributed by atoms with Crippen molar-refractivity contribution in [2.45, 2.75) is 13.8 Å². The molecule has 0 bridgehead atoms. The second kappa shape index (κ2) is 12.7. The first-order chi connectivity index (χ1) is 21.4. The Morgan fingerprint density at radius 1 is 0.727 bits per heavy atom. The Labute approximate surface area is 258 Å². The normalized spacial score (nSPS) is 10.7. The maximum Gasteiger partial charge on any atom is 0.265 e. The van der Waals surface area contributed by atoms with Crippen molar-refractivity contribution in [1.82, 2.24) is 15.0 Å². The van der Waals surface area contributed by atoms with Crippen molar-refractivity contribution in [1.29, 1.82) is 0 Å². The second-order valence-electron chi connectivity index (χ2n) is 10.1. The lowest BCUT2D eigenvalue weighted by Crippen LogP contribution is -2.15. The van der Waals surface area contributed by atoms with Gasteiger partial charge in [-0.3, -0.25) is 14.6 Å². The fourth-order valence-electron chi connectivity index (χ4n) is 4.63. The lowest BCUT2D eigenvalue weighted by molar-refractivity contribution is 0.101. The van der Waals surface area contributed by atoms with E-state index in [0.29, 0.717) is 27.8 Å². The van der Waals surface area contributed by atoms with Crippen LogP contribution in [0.2, 0.25) is 0 Å². The number of thiophene rings is 1. The van der Waals surface area contributed by atoms with E-state index < -0.39 is 0 Å². The standard InChI is InChI=1S/C35H28N6O2S/c1-22-8-6-7-11-28(22)29-16-17-37-35(40-29)41-30-19-26(13-12-23(30)2)38-33(42)25-18-27(21-36-20-25)39-34(43)32-15-14-31(44-32)24-9-4-3-5-10-24/h3-21H,1-2H3,(H,38,42)(H,39,43)(H,37,40,41). The number of benzene rings is 3. The van der Waals surface area contributed by atoms with Gasteiger partial charge in [-0.25, -0.2) is 9.97 Å². The molecule has 0 aliphatic heterocycles. The number of aryl methyl sites for hydroxylation is 2. The van der Waals surface area contributed by atoms with E-state index >= 15 is 0 Å². The van der Waals surface area contributed by atoms with Gasteiger partial charge in [0, 0.05) is 34.2 Å². The summed E-state index contributed by atoms with van der Waals surface area (Å²) in [6.07, 6.45) is 4.69. The van der Waals surface area contributed by atoms with Crippen LogP contribution in [-0.2, 0) is 0 Å². The lowest BCUT2D eigenvalue weighted by atomic mass is 10.1. The minimum atomic E-state index is -0.358. The van der Waals surface area contributed by atoms with Crippen molar-refractivity contribution in [2.75, 3.05) is 16.0 Å². The number of hydrogen-bond acceptors (Lipinski definition) is 7. The molecule has 6 aromatic rings. The van der Waals surface area contributed by atoms with Gasteiger partial charge in [-0.2, -0.15) is 0 Å². The van der Waals surface area contributed by atoms with E-state index in [-0.39, 0.29) is 11.8 Å². The molecular formula is C35H28N6O2S. The van der Waals surface area contributed by atoms with Gasteiger partial charge in [-0.1, -0.05) is 60.7 Å². The topological polar surface area (TPSA) is 109 Å². The third-order valence-electron chi connectivity index (χ3n) is 6.96. The van der Waals surface area contributed by atoms with E-state index in [1.54, 1.807) is 18.3 Å². The highest BCUT2D eigenvalue weighted by atomic mass is 32.1. The minimum absolute atomic E-state index is 0.264. The Kier molecular flexibility index (Phi) is 8.20. The zero-order chi connectivity index (χ0) is 30.5. The average Bonchev–Trinajstić information content (AvgIpc) is 3.55. The molecule has 0 aliphatic carbocycles. The van der Waals surface area contributed by atoms with Crippen LogP contribution in [0, 0.1) is 13.8 Å². The number of hydrogen-bond donors (Lipinski definition) is 3. The third-order valence-corrected chi connectivity index (χ3v) is 8.10. The van der Waals surface area contributed by atoms with Gasteiger partial charge < -0.3 is 16.0 Å². The maximum absolute atomic E-state index is 13.2. The first-order valence-electron chi connectivity index (χ1n) is 13.9. The summed E-state index contributed by atoms with van der Waals surface area (Å²) in [4.78, 5) is 40.9. The van der Waals surface area contributed by atoms with Crippen LogP contribution in [0.15, 0.2) is 116 Å². The van der Waals surface area contributed by atoms with Gasteiger partial charge in [0.25, 0.3) is 11.8 Å². The van der Waals surface area contributed by atoms with Crippen molar-refractivity contribution in [3.63, 3.8) is 0 Å². The molecule has 8 nitrogen and oxygen atoms in total. The quantitative estimate of drug-likeness (QED) is 0.164. The van der Waals surface area contributed by atoms with Gasteiger partial charge in [0.1, 0.15) is 0 Å². The van der Waals surface area contributed by atoms with E-state index in [1.807, 2.05) is 98.8 Å². The number of nitrogens with zero attached hydrogens (tertiary/aromatic N) is 3. The zero-order valence-electron chi connectivity index (χ0n) is 24.0. The van der Waals surface area contributed by atoms with Crippen LogP contribution >= 0.6 is 11.3 Å². The molecule has 3 N–H and O–H groups in total. The largest absolute Gasteiger partial charge is 0.324 e. The number of carbonyl (C=O) groups excluding carboxylic acids is 2. The third kappa shape index (κ3) is 6.53. The summed E-state index contributed by atoms with van der Waals surface area (Å²) in [5.41, 5.74) is 7.07. The van der Waals surface area contributed by atoms with Crippen molar-refractivity contribution >= 4 is 46.2 Å². The molecule has 0 aliphatic rings. The summed E-state index contributed by atoms with van der Waals surface area (Å²) in [6.45, 7) is 4.01. The Morgan fingerprint density at radius 3 is 2.36 bits per heavy atom. The number of carbonyl (C=O) groups is 2. The van der Waals surface area contributed by atoms with Gasteiger partial charge in [0.15, 0.2) is 0 Å². The number of pyridine rings is 1. The van der Waals surface area contributed by atoms with E-state index in [4.69, 9.17) is 4.98 Å². The van der Waals surface area contributed by atoms with Crippen LogP contribution in [0.3, 0.4) is 0 Å². The highest BCUT2D eigenvalue weighted by molar-refractivity contribution is 7.17. The summed E-state index contributed by atoms with van der Waals surface area (Å²) in [5.74, 6) is -0.171. The first kappa shape index (κ1) is 28.4. The molecule has 0 spiro atoms. The minimum Gasteiger partial charge on any atom is -0.324 e. The van der Waals surface area contributed by atoms with Crippen LogP contribution in [0.1, 0.15) is 31.2 Å². The van der Waals surface area contributed by atoms with Crippen LogP contribution in [-0.4, -0.2) is 26.8 Å². The molecule has 0 unspecified atom stereocenters. The predicted molar refractivity (Wildman–Crippen MR) is 177 cm³/mol. The molecule has 0 atom stereocenters. The van der Waals surface area contributed by atoms with Gasteiger partial charge >= 0.3 is 0 Å². The van der Waals surface area contributed by atoms with E-state index in [9.17, 15) is 9.59 Å². The molecule has 0 fully saturated rings. The molecule has 0 saturated carbocycles. The van der Waals surface area contributed by atoms with Gasteiger partial charge in [-0.05, 0) is 66.9 Å². The summed E-state index contributed by atoms with van der Waals surface area (Å²) in [5, 5.41) is 9.05. The fourth-order valence-corrected chi connectivity index (χ4v) is 5.54. The van der Waals surface area contributed by atoms with Crippen molar-refractivity contribution in [2.24, 2.45) is 0 Å². The molecule has 0 saturated heterocycles. The molecule has 2 amide bonds. The summed E-state index contributed by atoms with van der Waals surface area (Å²) >= 11 is 1.40. The monoisotopic (exact) mass is 596 g/mol. The number of amides is 2. The number of aromatic nitrogens is 3. The Balaban J connectivity index is 1.13. The molecule has 6 rings (SSSR count). The van der Waals surface area contributed by atoms with Crippen LogP contribution < -0.4 is 16.0 Å². The second-order valence-corrected chi connectivity index (χ2v) is 11.2. The Bertz CT molecular complexity index is 1970. The number of rotatable bonds is 8. The average molecular weight is 597 g/mol. The molecule has 3 heterocycles. The van der Waals surface area contributed by atoms with E-state index in [1.165, 1.54) is 23.7 Å².